The van der Waals surface area contributed by atoms with E-state index in [4.69, 9.17) is 11.2 Å². The Kier molecular flexibility index (Phi) is 6.16. The van der Waals surface area contributed by atoms with E-state index in [0.717, 1.165) is 0 Å². The maximum Gasteiger partial charge on any atom is 0.416 e. The van der Waals surface area contributed by atoms with Crippen molar-refractivity contribution in [1.29, 1.82) is 0 Å². The van der Waals surface area contributed by atoms with E-state index in [1.807, 2.05) is 0 Å². The molecule has 2 fully saturated rings. The summed E-state index contributed by atoms with van der Waals surface area (Å²) in [7, 11) is 1.76. The molecular formula is C22H23F4N5O2. The lowest BCUT2D eigenvalue weighted by Gasteiger charge is -2.39. The first-order chi connectivity index (χ1) is 15.6. The highest BCUT2D eigenvalue weighted by Crippen LogP contribution is 2.33. The second-order valence-corrected chi connectivity index (χ2v) is 8.45. The lowest BCUT2D eigenvalue weighted by Crippen LogP contribution is -2.58. The minimum absolute atomic E-state index is 0.141. The SMILES string of the molecule is C#Cc1ccc(N2CC(C(=O)NC[C@@]3(F)CCN(C)C3)OC(C(F)(F)F)C2)c2nccnc12. The molecule has 0 aliphatic carbocycles. The number of likely N-dealkylation sites (tertiary alicyclic amines) is 1. The average Bonchev–Trinajstić information content (AvgIpc) is 3.14. The molecular weight excluding hydrogens is 442 g/mol. The Morgan fingerprint density at radius 2 is 2.03 bits per heavy atom. The number of nitrogens with one attached hydrogen (secondary N) is 1. The summed E-state index contributed by atoms with van der Waals surface area (Å²) >= 11 is 0. The van der Waals surface area contributed by atoms with Gasteiger partial charge in [0.25, 0.3) is 5.91 Å². The number of aromatic nitrogens is 2. The maximum absolute atomic E-state index is 14.8. The molecule has 176 valence electrons. The Labute approximate surface area is 188 Å². The van der Waals surface area contributed by atoms with Crippen molar-refractivity contribution < 1.29 is 27.1 Å². The van der Waals surface area contributed by atoms with Crippen LogP contribution in [0.15, 0.2) is 24.5 Å². The number of rotatable bonds is 4. The van der Waals surface area contributed by atoms with Crippen LogP contribution in [0.1, 0.15) is 12.0 Å². The molecule has 11 heteroatoms. The molecule has 33 heavy (non-hydrogen) atoms. The number of anilines is 1. The molecule has 0 bridgehead atoms. The Morgan fingerprint density at radius 3 is 2.67 bits per heavy atom. The maximum atomic E-state index is 14.8. The lowest BCUT2D eigenvalue weighted by atomic mass is 10.1. The summed E-state index contributed by atoms with van der Waals surface area (Å²) in [6.07, 6.45) is 0.227. The molecule has 2 aromatic rings. The molecule has 2 unspecified atom stereocenters. The molecule has 2 saturated heterocycles. The van der Waals surface area contributed by atoms with E-state index in [-0.39, 0.29) is 26.1 Å². The van der Waals surface area contributed by atoms with Gasteiger partial charge in [-0.3, -0.25) is 14.8 Å². The van der Waals surface area contributed by atoms with Gasteiger partial charge in [-0.25, -0.2) is 4.39 Å². The van der Waals surface area contributed by atoms with Gasteiger partial charge in [0, 0.05) is 25.5 Å². The van der Waals surface area contributed by atoms with Crippen molar-refractivity contribution in [1.82, 2.24) is 20.2 Å². The lowest BCUT2D eigenvalue weighted by molar-refractivity contribution is -0.234. The van der Waals surface area contributed by atoms with E-state index in [9.17, 15) is 22.4 Å². The minimum atomic E-state index is -4.70. The van der Waals surface area contributed by atoms with Crippen LogP contribution < -0.4 is 10.2 Å². The van der Waals surface area contributed by atoms with E-state index < -0.39 is 36.5 Å². The van der Waals surface area contributed by atoms with Gasteiger partial charge in [-0.2, -0.15) is 13.2 Å². The second-order valence-electron chi connectivity index (χ2n) is 8.45. The van der Waals surface area contributed by atoms with Crippen LogP contribution in [0.4, 0.5) is 23.2 Å². The van der Waals surface area contributed by atoms with Crippen molar-refractivity contribution in [2.75, 3.05) is 44.7 Å². The molecule has 3 heterocycles. The molecule has 1 aromatic heterocycles. The van der Waals surface area contributed by atoms with Gasteiger partial charge >= 0.3 is 6.18 Å². The first-order valence-electron chi connectivity index (χ1n) is 10.4. The second kappa shape index (κ2) is 8.76. The number of nitrogens with zero attached hydrogens (tertiary/aromatic N) is 4. The van der Waals surface area contributed by atoms with Gasteiger partial charge in [0.1, 0.15) is 16.7 Å². The van der Waals surface area contributed by atoms with E-state index in [1.165, 1.54) is 17.3 Å². The number of fused-ring (bicyclic) bond motifs is 1. The number of hydrogen-bond donors (Lipinski definition) is 1. The summed E-state index contributed by atoms with van der Waals surface area (Å²) in [6.45, 7) is -0.316. The van der Waals surface area contributed by atoms with E-state index >= 15 is 0 Å². The molecule has 2 aliphatic heterocycles. The van der Waals surface area contributed by atoms with Crippen molar-refractivity contribution in [3.63, 3.8) is 0 Å². The molecule has 7 nitrogen and oxygen atoms in total. The number of hydrogen-bond acceptors (Lipinski definition) is 6. The number of carbonyl (C=O) groups is 1. The Bertz CT molecular complexity index is 1090. The molecule has 2 aliphatic rings. The number of alkyl halides is 4. The first kappa shape index (κ1) is 23.2. The third kappa shape index (κ3) is 4.86. The predicted octanol–water partition coefficient (Wildman–Crippen LogP) is 1.91. The highest BCUT2D eigenvalue weighted by atomic mass is 19.4. The molecule has 1 N–H and O–H groups in total. The normalized spacial score (nSPS) is 26.4. The summed E-state index contributed by atoms with van der Waals surface area (Å²) in [5.74, 6) is 1.69. The molecule has 3 atom stereocenters. The van der Waals surface area contributed by atoms with E-state index in [0.29, 0.717) is 28.8 Å². The Balaban J connectivity index is 1.59. The summed E-state index contributed by atoms with van der Waals surface area (Å²) in [5.41, 5.74) is -0.123. The first-order valence-corrected chi connectivity index (χ1v) is 10.4. The number of benzene rings is 1. The number of ether oxygens (including phenoxy) is 1. The highest BCUT2D eigenvalue weighted by Gasteiger charge is 2.48. The van der Waals surface area contributed by atoms with E-state index in [2.05, 4.69) is 21.2 Å². The van der Waals surface area contributed by atoms with Gasteiger partial charge in [0.2, 0.25) is 0 Å². The number of carbonyl (C=O) groups excluding carboxylic acids is 1. The fraction of sp³-hybridized carbons (Fsp3) is 0.500. The van der Waals surface area contributed by atoms with Crippen molar-refractivity contribution in [3.05, 3.63) is 30.1 Å². The average molecular weight is 465 g/mol. The number of morpholine rings is 1. The third-order valence-electron chi connectivity index (χ3n) is 5.93. The summed E-state index contributed by atoms with van der Waals surface area (Å²) in [4.78, 5) is 24.4. The number of terminal acetylenes is 1. The molecule has 0 spiro atoms. The van der Waals surface area contributed by atoms with Gasteiger partial charge < -0.3 is 19.9 Å². The largest absolute Gasteiger partial charge is 0.416 e. The zero-order chi connectivity index (χ0) is 23.8. The Morgan fingerprint density at radius 1 is 1.30 bits per heavy atom. The van der Waals surface area contributed by atoms with Crippen LogP contribution in [0.25, 0.3) is 11.0 Å². The van der Waals surface area contributed by atoms with Crippen LogP contribution in [-0.4, -0.2) is 84.6 Å². The molecule has 0 radical (unpaired) electrons. The fourth-order valence-electron chi connectivity index (χ4n) is 4.23. The molecule has 1 aromatic carbocycles. The van der Waals surface area contributed by atoms with Crippen molar-refractivity contribution >= 4 is 22.6 Å². The summed E-state index contributed by atoms with van der Waals surface area (Å²) in [6, 6.07) is 3.13. The van der Waals surface area contributed by atoms with Crippen LogP contribution in [0, 0.1) is 12.3 Å². The monoisotopic (exact) mass is 465 g/mol. The highest BCUT2D eigenvalue weighted by molar-refractivity contribution is 5.92. The zero-order valence-corrected chi connectivity index (χ0v) is 17.9. The van der Waals surface area contributed by atoms with Gasteiger partial charge in [0.05, 0.1) is 30.9 Å². The van der Waals surface area contributed by atoms with Crippen LogP contribution in [0.2, 0.25) is 0 Å². The Hall–Kier alpha value is -2.97. The quantitative estimate of drug-likeness (QED) is 0.550. The topological polar surface area (TPSA) is 70.6 Å². The number of amides is 1. The van der Waals surface area contributed by atoms with Gasteiger partial charge in [0.15, 0.2) is 12.2 Å². The van der Waals surface area contributed by atoms with Gasteiger partial charge in [-0.1, -0.05) is 5.92 Å². The van der Waals surface area contributed by atoms with Gasteiger partial charge in [-0.05, 0) is 25.6 Å². The molecule has 1 amide bonds. The summed E-state index contributed by atoms with van der Waals surface area (Å²) in [5, 5.41) is 2.44. The van der Waals surface area contributed by atoms with Crippen molar-refractivity contribution in [2.45, 2.75) is 30.5 Å². The van der Waals surface area contributed by atoms with E-state index in [1.54, 1.807) is 24.1 Å². The van der Waals surface area contributed by atoms with Gasteiger partial charge in [-0.15, -0.1) is 6.42 Å². The van der Waals surface area contributed by atoms with Crippen LogP contribution >= 0.6 is 0 Å². The van der Waals surface area contributed by atoms with Crippen LogP contribution in [0.3, 0.4) is 0 Å². The third-order valence-corrected chi connectivity index (χ3v) is 5.93. The summed E-state index contributed by atoms with van der Waals surface area (Å²) < 4.78 is 60.8. The minimum Gasteiger partial charge on any atom is -0.364 e. The van der Waals surface area contributed by atoms with Crippen molar-refractivity contribution in [3.8, 4) is 12.3 Å². The zero-order valence-electron chi connectivity index (χ0n) is 17.9. The van der Waals surface area contributed by atoms with Crippen molar-refractivity contribution in [2.24, 2.45) is 0 Å². The molecule has 0 saturated carbocycles. The fourth-order valence-corrected chi connectivity index (χ4v) is 4.23. The standard InChI is InChI=1S/C22H23F4N5O2/c1-3-14-4-5-15(19-18(14)27-7-8-28-19)31-10-16(33-17(11-31)22(24,25)26)20(32)29-12-21(23)6-9-30(2)13-21/h1,4-5,7-8,16-17H,6,9-13H2,2H3,(H,29,32)/t16?,17?,21-/m0/s1. The van der Waals surface area contributed by atoms with Crippen LogP contribution in [-0.2, 0) is 9.53 Å². The molecule has 4 rings (SSSR count). The smallest absolute Gasteiger partial charge is 0.364 e. The predicted molar refractivity (Wildman–Crippen MR) is 113 cm³/mol. The van der Waals surface area contributed by atoms with Crippen LogP contribution in [0.5, 0.6) is 0 Å². The number of halogens is 4.